The van der Waals surface area contributed by atoms with Crippen molar-refractivity contribution >= 4 is 15.9 Å². The maximum atomic E-state index is 12.8. The molecule has 2 fully saturated rings. The maximum absolute atomic E-state index is 12.8. The molecule has 0 saturated carbocycles. The van der Waals surface area contributed by atoms with Crippen LogP contribution in [0, 0.1) is 0 Å². The van der Waals surface area contributed by atoms with Crippen LogP contribution in [0.15, 0.2) is 18.5 Å². The molecule has 0 N–H and O–H groups in total. The number of rotatable bonds is 3. The lowest BCUT2D eigenvalue weighted by Gasteiger charge is -2.35. The summed E-state index contributed by atoms with van der Waals surface area (Å²) in [5, 5.41) is 4.26. The number of likely N-dealkylation sites (tertiary alicyclic amines) is 1. The first-order valence-corrected chi connectivity index (χ1v) is 9.56. The zero-order valence-corrected chi connectivity index (χ0v) is 13.6. The van der Waals surface area contributed by atoms with Crippen molar-refractivity contribution in [1.29, 1.82) is 0 Å². The van der Waals surface area contributed by atoms with Crippen molar-refractivity contribution in [2.45, 2.75) is 37.8 Å². The molecule has 0 bridgehead atoms. The van der Waals surface area contributed by atoms with Gasteiger partial charge < -0.3 is 4.90 Å². The van der Waals surface area contributed by atoms with Crippen molar-refractivity contribution in [3.63, 3.8) is 0 Å². The first-order valence-electron chi connectivity index (χ1n) is 7.71. The SMILES string of the molecule is CS(=O)(=O)N1CCCC1C(=O)N1CCCC(n2cccn2)C1. The molecular weight excluding hydrogens is 304 g/mol. The van der Waals surface area contributed by atoms with Crippen LogP contribution in [-0.4, -0.2) is 65.2 Å². The van der Waals surface area contributed by atoms with Crippen molar-refractivity contribution in [3.8, 4) is 0 Å². The van der Waals surface area contributed by atoms with E-state index in [1.165, 1.54) is 10.6 Å². The highest BCUT2D eigenvalue weighted by Crippen LogP contribution is 2.26. The van der Waals surface area contributed by atoms with Crippen LogP contribution in [0.1, 0.15) is 31.7 Å². The lowest BCUT2D eigenvalue weighted by molar-refractivity contribution is -0.136. The van der Waals surface area contributed by atoms with Crippen molar-refractivity contribution in [3.05, 3.63) is 18.5 Å². The summed E-state index contributed by atoms with van der Waals surface area (Å²) in [6, 6.07) is 1.54. The predicted octanol–water partition coefficient (Wildman–Crippen LogP) is 0.471. The van der Waals surface area contributed by atoms with E-state index in [-0.39, 0.29) is 11.9 Å². The third-order valence-corrected chi connectivity index (χ3v) is 5.81. The van der Waals surface area contributed by atoms with E-state index in [0.717, 1.165) is 19.3 Å². The molecular formula is C14H22N4O3S. The number of piperidine rings is 1. The van der Waals surface area contributed by atoms with Crippen LogP contribution < -0.4 is 0 Å². The van der Waals surface area contributed by atoms with Crippen LogP contribution in [0.4, 0.5) is 0 Å². The Balaban J connectivity index is 1.72. The summed E-state index contributed by atoms with van der Waals surface area (Å²) in [5.74, 6) is -0.0558. The van der Waals surface area contributed by atoms with Gasteiger partial charge in [-0.25, -0.2) is 8.42 Å². The molecule has 0 radical (unpaired) electrons. The summed E-state index contributed by atoms with van der Waals surface area (Å²) in [6.45, 7) is 1.75. The fourth-order valence-electron chi connectivity index (χ4n) is 3.46. The summed E-state index contributed by atoms with van der Waals surface area (Å²) >= 11 is 0. The third kappa shape index (κ3) is 3.03. The van der Waals surface area contributed by atoms with Gasteiger partial charge in [-0.15, -0.1) is 0 Å². The molecule has 0 spiro atoms. The molecule has 0 aromatic carbocycles. The van der Waals surface area contributed by atoms with Gasteiger partial charge in [-0.1, -0.05) is 0 Å². The Bertz CT molecular complexity index is 629. The largest absolute Gasteiger partial charge is 0.339 e. The van der Waals surface area contributed by atoms with Gasteiger partial charge in [0.1, 0.15) is 6.04 Å². The lowest BCUT2D eigenvalue weighted by Crippen LogP contribution is -2.50. The van der Waals surface area contributed by atoms with Crippen molar-refractivity contribution in [1.82, 2.24) is 19.0 Å². The molecule has 3 rings (SSSR count). The normalized spacial score (nSPS) is 27.2. The van der Waals surface area contributed by atoms with Crippen LogP contribution in [0.2, 0.25) is 0 Å². The molecule has 2 aliphatic rings. The number of nitrogens with zero attached hydrogens (tertiary/aromatic N) is 4. The quantitative estimate of drug-likeness (QED) is 0.809. The minimum Gasteiger partial charge on any atom is -0.339 e. The number of sulfonamides is 1. The number of hydrogen-bond donors (Lipinski definition) is 0. The molecule has 1 aromatic rings. The lowest BCUT2D eigenvalue weighted by atomic mass is 10.0. The number of aromatic nitrogens is 2. The molecule has 3 heterocycles. The average Bonchev–Trinajstić information content (AvgIpc) is 3.17. The number of carbonyl (C=O) groups excluding carboxylic acids is 1. The minimum absolute atomic E-state index is 0.0558. The van der Waals surface area contributed by atoms with Crippen LogP contribution in [0.5, 0.6) is 0 Å². The fourth-order valence-corrected chi connectivity index (χ4v) is 4.58. The summed E-state index contributed by atoms with van der Waals surface area (Å²) in [5.41, 5.74) is 0. The zero-order valence-electron chi connectivity index (χ0n) is 12.8. The highest BCUT2D eigenvalue weighted by atomic mass is 32.2. The van der Waals surface area contributed by atoms with Gasteiger partial charge >= 0.3 is 0 Å². The van der Waals surface area contributed by atoms with Crippen LogP contribution >= 0.6 is 0 Å². The van der Waals surface area contributed by atoms with Crippen LogP contribution in [0.3, 0.4) is 0 Å². The first kappa shape index (κ1) is 15.5. The van der Waals surface area contributed by atoms with Gasteiger partial charge in [0.25, 0.3) is 0 Å². The fraction of sp³-hybridized carbons (Fsp3) is 0.714. The van der Waals surface area contributed by atoms with E-state index >= 15 is 0 Å². The number of carbonyl (C=O) groups is 1. The summed E-state index contributed by atoms with van der Waals surface area (Å²) in [7, 11) is -3.32. The second-order valence-electron chi connectivity index (χ2n) is 6.10. The highest BCUT2D eigenvalue weighted by Gasteiger charge is 2.39. The minimum atomic E-state index is -3.32. The number of amides is 1. The second-order valence-corrected chi connectivity index (χ2v) is 8.03. The molecule has 122 valence electrons. The third-order valence-electron chi connectivity index (χ3n) is 4.52. The summed E-state index contributed by atoms with van der Waals surface area (Å²) in [6.07, 6.45) is 8.12. The topological polar surface area (TPSA) is 75.5 Å². The van der Waals surface area contributed by atoms with Gasteiger partial charge in [0.2, 0.25) is 15.9 Å². The van der Waals surface area contributed by atoms with Crippen LogP contribution in [0.25, 0.3) is 0 Å². The molecule has 2 unspecified atom stereocenters. The molecule has 1 amide bonds. The maximum Gasteiger partial charge on any atom is 0.241 e. The zero-order chi connectivity index (χ0) is 15.7. The Hall–Kier alpha value is -1.41. The molecule has 1 aromatic heterocycles. The Kier molecular flexibility index (Phi) is 4.22. The molecule has 2 atom stereocenters. The molecule has 22 heavy (non-hydrogen) atoms. The Morgan fingerprint density at radius 3 is 2.68 bits per heavy atom. The van der Waals surface area contributed by atoms with E-state index in [2.05, 4.69) is 5.10 Å². The highest BCUT2D eigenvalue weighted by molar-refractivity contribution is 7.88. The van der Waals surface area contributed by atoms with Crippen molar-refractivity contribution < 1.29 is 13.2 Å². The number of hydrogen-bond acceptors (Lipinski definition) is 4. The predicted molar refractivity (Wildman–Crippen MR) is 81.6 cm³/mol. The van der Waals surface area contributed by atoms with Gasteiger partial charge in [0, 0.05) is 32.0 Å². The standard InChI is InChI=1S/C14H22N4O3S/c1-22(20,21)18-10-3-6-13(18)14(19)16-8-2-5-12(11-16)17-9-4-7-15-17/h4,7,9,12-13H,2-3,5-6,8,10-11H2,1H3. The molecule has 2 aliphatic heterocycles. The van der Waals surface area contributed by atoms with Gasteiger partial charge in [-0.3, -0.25) is 9.48 Å². The smallest absolute Gasteiger partial charge is 0.241 e. The van der Waals surface area contributed by atoms with E-state index in [0.29, 0.717) is 26.1 Å². The summed E-state index contributed by atoms with van der Waals surface area (Å²) in [4.78, 5) is 14.6. The molecule has 8 heteroatoms. The Labute approximate surface area is 130 Å². The van der Waals surface area contributed by atoms with Gasteiger partial charge in [0.15, 0.2) is 0 Å². The molecule has 7 nitrogen and oxygen atoms in total. The first-order chi connectivity index (χ1) is 10.5. The van der Waals surface area contributed by atoms with Gasteiger partial charge in [-0.2, -0.15) is 9.40 Å². The summed E-state index contributed by atoms with van der Waals surface area (Å²) < 4.78 is 26.9. The Morgan fingerprint density at radius 1 is 1.23 bits per heavy atom. The molecule has 2 saturated heterocycles. The van der Waals surface area contributed by atoms with E-state index in [4.69, 9.17) is 0 Å². The Morgan fingerprint density at radius 2 is 2.00 bits per heavy atom. The average molecular weight is 326 g/mol. The van der Waals surface area contributed by atoms with Crippen molar-refractivity contribution in [2.75, 3.05) is 25.9 Å². The monoisotopic (exact) mass is 326 g/mol. The van der Waals surface area contributed by atoms with Crippen molar-refractivity contribution in [2.24, 2.45) is 0 Å². The van der Waals surface area contributed by atoms with E-state index in [1.807, 2.05) is 21.8 Å². The van der Waals surface area contributed by atoms with Gasteiger partial charge in [0.05, 0.1) is 12.3 Å². The second kappa shape index (κ2) is 6.00. The van der Waals surface area contributed by atoms with E-state index in [1.54, 1.807) is 6.20 Å². The van der Waals surface area contributed by atoms with Crippen LogP contribution in [-0.2, 0) is 14.8 Å². The van der Waals surface area contributed by atoms with E-state index in [9.17, 15) is 13.2 Å². The van der Waals surface area contributed by atoms with E-state index < -0.39 is 16.1 Å². The van der Waals surface area contributed by atoms with Gasteiger partial charge in [-0.05, 0) is 31.7 Å². The molecule has 0 aliphatic carbocycles.